The monoisotopic (exact) mass is 296 g/mol. The van der Waals surface area contributed by atoms with Gasteiger partial charge >= 0.3 is 7.12 Å². The smallest absolute Gasteiger partial charge is 0.473 e. The molecule has 1 aliphatic heterocycles. The summed E-state index contributed by atoms with van der Waals surface area (Å²) in [6.45, 7) is 7.50. The molecule has 118 valence electrons. The highest BCUT2D eigenvalue weighted by Crippen LogP contribution is 2.28. The third-order valence-corrected chi connectivity index (χ3v) is 4.31. The summed E-state index contributed by atoms with van der Waals surface area (Å²) in [5, 5.41) is 20.2. The second kappa shape index (κ2) is 6.12. The van der Waals surface area contributed by atoms with Gasteiger partial charge in [-0.25, -0.2) is 0 Å². The molecule has 0 radical (unpaired) electrons. The number of hydrogen-bond acceptors (Lipinski definition) is 5. The maximum absolute atomic E-state index is 10.2. The number of furan rings is 1. The van der Waals surface area contributed by atoms with Gasteiger partial charge in [-0.3, -0.25) is 0 Å². The lowest BCUT2D eigenvalue weighted by atomic mass is 9.81. The molecule has 1 fully saturated rings. The zero-order valence-electron chi connectivity index (χ0n) is 13.3. The fraction of sp³-hybridized carbons (Fsp3) is 0.733. The van der Waals surface area contributed by atoms with E-state index < -0.39 is 18.3 Å². The van der Waals surface area contributed by atoms with Gasteiger partial charge in [-0.15, -0.1) is 0 Å². The van der Waals surface area contributed by atoms with Gasteiger partial charge in [0.05, 0.1) is 23.6 Å². The van der Waals surface area contributed by atoms with Gasteiger partial charge in [-0.05, 0) is 53.0 Å². The van der Waals surface area contributed by atoms with Gasteiger partial charge in [0.2, 0.25) is 0 Å². The first-order chi connectivity index (χ1) is 9.71. The van der Waals surface area contributed by atoms with Crippen LogP contribution in [0.5, 0.6) is 0 Å². The van der Waals surface area contributed by atoms with Gasteiger partial charge in [0, 0.05) is 12.2 Å². The molecule has 2 heterocycles. The quantitative estimate of drug-likeness (QED) is 0.810. The van der Waals surface area contributed by atoms with E-state index in [9.17, 15) is 10.1 Å². The fourth-order valence-electron chi connectivity index (χ4n) is 2.15. The Labute approximate surface area is 126 Å². The van der Waals surface area contributed by atoms with E-state index in [4.69, 9.17) is 13.8 Å². The van der Waals surface area contributed by atoms with Crippen molar-refractivity contribution >= 4 is 12.8 Å². The topological polar surface area (TPSA) is 72.1 Å². The summed E-state index contributed by atoms with van der Waals surface area (Å²) in [4.78, 5) is 0. The lowest BCUT2D eigenvalue weighted by Gasteiger charge is -2.38. The van der Waals surface area contributed by atoms with E-state index in [0.717, 1.165) is 31.4 Å². The normalized spacial score (nSPS) is 20.6. The zero-order chi connectivity index (χ0) is 15.7. The highest BCUT2D eigenvalue weighted by molar-refractivity contribution is 6.58. The summed E-state index contributed by atoms with van der Waals surface area (Å²) >= 11 is 0. The molecule has 0 aliphatic carbocycles. The molecule has 6 heteroatoms. The number of rotatable bonds is 5. The van der Waals surface area contributed by atoms with Crippen LogP contribution in [0.25, 0.3) is 0 Å². The molecule has 0 spiro atoms. The molecular weight excluding hydrogens is 271 g/mol. The summed E-state index contributed by atoms with van der Waals surface area (Å²) in [6, 6.07) is 1.76. The predicted molar refractivity (Wildman–Crippen MR) is 80.3 cm³/mol. The van der Waals surface area contributed by atoms with Gasteiger partial charge in [-0.1, -0.05) is 0 Å². The Morgan fingerprint density at radius 1 is 1.29 bits per heavy atom. The molecule has 5 nitrogen and oxygen atoms in total. The van der Waals surface area contributed by atoms with Crippen LogP contribution in [-0.2, 0) is 9.39 Å². The standard InChI is InChI=1S/C15H25BO5/c1-14(2,17)15(3,4)21-16(18)13-9-11(10-20-13)12-7-5-6-8-19-12/h9-10,12,17-18H,5-8H2,1-4H3. The summed E-state index contributed by atoms with van der Waals surface area (Å²) in [5.41, 5.74) is -0.749. The Balaban J connectivity index is 2.03. The predicted octanol–water partition coefficient (Wildman–Crippen LogP) is 1.77. The Hall–Kier alpha value is -0.815. The molecule has 0 amide bonds. The molecule has 2 rings (SSSR count). The molecule has 1 atom stereocenters. The Morgan fingerprint density at radius 2 is 2.00 bits per heavy atom. The number of ether oxygens (including phenoxy) is 1. The lowest BCUT2D eigenvalue weighted by Crippen LogP contribution is -2.52. The third-order valence-electron chi connectivity index (χ3n) is 4.31. The number of aliphatic hydroxyl groups is 1. The van der Waals surface area contributed by atoms with Crippen LogP contribution < -0.4 is 5.66 Å². The van der Waals surface area contributed by atoms with Gasteiger partial charge < -0.3 is 23.9 Å². The molecule has 2 N–H and O–H groups in total. The Morgan fingerprint density at radius 3 is 2.57 bits per heavy atom. The van der Waals surface area contributed by atoms with Crippen molar-refractivity contribution in [2.45, 2.75) is 64.3 Å². The van der Waals surface area contributed by atoms with E-state index in [-0.39, 0.29) is 6.10 Å². The molecule has 1 aromatic heterocycles. The second-order valence-electron chi connectivity index (χ2n) is 6.68. The van der Waals surface area contributed by atoms with Gasteiger partial charge in [0.15, 0.2) is 0 Å². The summed E-state index contributed by atoms with van der Waals surface area (Å²) < 4.78 is 16.7. The zero-order valence-corrected chi connectivity index (χ0v) is 13.3. The van der Waals surface area contributed by atoms with Gasteiger partial charge in [0.25, 0.3) is 0 Å². The van der Waals surface area contributed by atoms with E-state index >= 15 is 0 Å². The van der Waals surface area contributed by atoms with Crippen LogP contribution in [0.3, 0.4) is 0 Å². The van der Waals surface area contributed by atoms with Gasteiger partial charge in [0.1, 0.15) is 5.66 Å². The van der Waals surface area contributed by atoms with Crippen LogP contribution in [0.2, 0.25) is 0 Å². The first-order valence-electron chi connectivity index (χ1n) is 7.49. The third kappa shape index (κ3) is 3.89. The van der Waals surface area contributed by atoms with Crippen LogP contribution >= 0.6 is 0 Å². The highest BCUT2D eigenvalue weighted by atomic mass is 16.6. The van der Waals surface area contributed by atoms with E-state index in [1.165, 1.54) is 0 Å². The van der Waals surface area contributed by atoms with Crippen LogP contribution in [0.15, 0.2) is 16.7 Å². The molecule has 1 aromatic rings. The first kappa shape index (κ1) is 16.6. The molecule has 21 heavy (non-hydrogen) atoms. The van der Waals surface area contributed by atoms with Crippen molar-refractivity contribution in [1.82, 2.24) is 0 Å². The average molecular weight is 296 g/mol. The fourth-order valence-corrected chi connectivity index (χ4v) is 2.15. The minimum absolute atomic E-state index is 0.0331. The lowest BCUT2D eigenvalue weighted by molar-refractivity contribution is -0.0986. The van der Waals surface area contributed by atoms with Crippen LogP contribution in [0.4, 0.5) is 0 Å². The minimum atomic E-state index is -1.22. The van der Waals surface area contributed by atoms with Crippen molar-refractivity contribution in [3.05, 3.63) is 17.9 Å². The molecule has 1 aliphatic rings. The maximum Gasteiger partial charge on any atom is 0.529 e. The van der Waals surface area contributed by atoms with E-state index in [0.29, 0.717) is 5.66 Å². The minimum Gasteiger partial charge on any atom is -0.473 e. The molecule has 0 bridgehead atoms. The second-order valence-corrected chi connectivity index (χ2v) is 6.68. The van der Waals surface area contributed by atoms with Crippen molar-refractivity contribution in [1.29, 1.82) is 0 Å². The molecule has 1 saturated heterocycles. The Kier molecular flexibility index (Phi) is 4.83. The molecule has 1 unspecified atom stereocenters. The number of hydrogen-bond donors (Lipinski definition) is 2. The maximum atomic E-state index is 10.2. The highest BCUT2D eigenvalue weighted by Gasteiger charge is 2.40. The van der Waals surface area contributed by atoms with E-state index in [2.05, 4.69) is 0 Å². The Bertz CT molecular complexity index is 457. The van der Waals surface area contributed by atoms with Crippen LogP contribution in [0.1, 0.15) is 58.6 Å². The molecule has 0 saturated carbocycles. The van der Waals surface area contributed by atoms with Gasteiger partial charge in [-0.2, -0.15) is 0 Å². The average Bonchev–Trinajstić information content (AvgIpc) is 2.87. The van der Waals surface area contributed by atoms with Crippen molar-refractivity contribution < 1.29 is 23.9 Å². The van der Waals surface area contributed by atoms with Crippen molar-refractivity contribution in [2.75, 3.05) is 6.61 Å². The van der Waals surface area contributed by atoms with Crippen LogP contribution in [-0.4, -0.2) is 35.1 Å². The first-order valence-corrected chi connectivity index (χ1v) is 7.49. The summed E-state index contributed by atoms with van der Waals surface area (Å²) in [7, 11) is -1.22. The molecule has 0 aromatic carbocycles. The summed E-state index contributed by atoms with van der Waals surface area (Å²) in [5.74, 6) is 0. The van der Waals surface area contributed by atoms with Crippen molar-refractivity contribution in [3.63, 3.8) is 0 Å². The molecular formula is C15H25BO5. The van der Waals surface area contributed by atoms with Crippen LogP contribution in [0, 0.1) is 0 Å². The van der Waals surface area contributed by atoms with E-state index in [1.54, 1.807) is 40.0 Å². The SMILES string of the molecule is CC(C)(O)C(C)(C)OB(O)c1cc(C2CCCCO2)co1. The van der Waals surface area contributed by atoms with Crippen molar-refractivity contribution in [2.24, 2.45) is 0 Å². The van der Waals surface area contributed by atoms with E-state index in [1.807, 2.05) is 0 Å². The summed E-state index contributed by atoms with van der Waals surface area (Å²) in [6.07, 6.45) is 4.83. The largest absolute Gasteiger partial charge is 0.529 e. The van der Waals surface area contributed by atoms with Crippen molar-refractivity contribution in [3.8, 4) is 0 Å².